The van der Waals surface area contributed by atoms with Crippen LogP contribution in [0.15, 0.2) is 18.5 Å². The molecule has 0 aliphatic rings. The van der Waals surface area contributed by atoms with Crippen LogP contribution in [0.25, 0.3) is 11.3 Å². The molecule has 2 heterocycles. The van der Waals surface area contributed by atoms with E-state index in [1.807, 2.05) is 30.6 Å². The molecule has 0 saturated heterocycles. The smallest absolute Gasteiger partial charge is 0.177 e. The third-order valence-corrected chi connectivity index (χ3v) is 4.70. The van der Waals surface area contributed by atoms with Crippen LogP contribution in [-0.2, 0) is 16.0 Å². The third-order valence-electron chi connectivity index (χ3n) is 2.80. The van der Waals surface area contributed by atoms with Gasteiger partial charge in [-0.25, -0.2) is 9.13 Å². The molecule has 0 spiro atoms. The van der Waals surface area contributed by atoms with Gasteiger partial charge in [0.15, 0.2) is 6.29 Å². The van der Waals surface area contributed by atoms with Crippen molar-refractivity contribution in [1.82, 2.24) is 19.3 Å². The standard InChI is InChI=1S/C12H19IN5O2P/c1-3-19-12(20-4-2)8-17-11(14)5-10(16-17)9-6-15-18(7-9)21-13/h5-7,12,21H,3-4,8,14H2,1-2H3. The van der Waals surface area contributed by atoms with Crippen LogP contribution < -0.4 is 5.73 Å². The maximum atomic E-state index is 6.02. The molecule has 9 heteroatoms. The second-order valence-electron chi connectivity index (χ2n) is 4.23. The normalized spacial score (nSPS) is 12.0. The van der Waals surface area contributed by atoms with Crippen LogP contribution >= 0.6 is 28.4 Å². The number of nitrogen functional groups attached to an aromatic ring is 1. The van der Waals surface area contributed by atoms with Crippen LogP contribution in [0.2, 0.25) is 0 Å². The van der Waals surface area contributed by atoms with Crippen molar-refractivity contribution in [3.05, 3.63) is 18.5 Å². The zero-order valence-corrected chi connectivity index (χ0v) is 15.1. The number of nitrogens with two attached hydrogens (primary N) is 1. The first kappa shape index (κ1) is 16.7. The molecule has 2 N–H and O–H groups in total. The summed E-state index contributed by atoms with van der Waals surface area (Å²) >= 11 is 2.28. The second kappa shape index (κ2) is 8.07. The minimum Gasteiger partial charge on any atom is -0.384 e. The van der Waals surface area contributed by atoms with Gasteiger partial charge in [-0.05, 0) is 35.9 Å². The lowest BCUT2D eigenvalue weighted by Crippen LogP contribution is -2.25. The predicted octanol–water partition coefficient (Wildman–Crippen LogP) is 2.52. The maximum Gasteiger partial charge on any atom is 0.177 e. The summed E-state index contributed by atoms with van der Waals surface area (Å²) in [6, 6.07) is 1.84. The molecule has 21 heavy (non-hydrogen) atoms. The van der Waals surface area contributed by atoms with Crippen LogP contribution in [0.4, 0.5) is 5.82 Å². The largest absolute Gasteiger partial charge is 0.384 e. The van der Waals surface area contributed by atoms with E-state index in [4.69, 9.17) is 15.2 Å². The van der Waals surface area contributed by atoms with E-state index < -0.39 is 0 Å². The number of hydrogen-bond donors (Lipinski definition) is 1. The van der Waals surface area contributed by atoms with E-state index in [1.165, 1.54) is 0 Å². The number of ether oxygens (including phenoxy) is 2. The zero-order chi connectivity index (χ0) is 15.2. The van der Waals surface area contributed by atoms with Gasteiger partial charge in [0.25, 0.3) is 0 Å². The van der Waals surface area contributed by atoms with Gasteiger partial charge in [0.05, 0.1) is 24.8 Å². The number of rotatable bonds is 8. The van der Waals surface area contributed by atoms with Crippen LogP contribution in [0, 0.1) is 0 Å². The van der Waals surface area contributed by atoms with Crippen LogP contribution in [0.3, 0.4) is 0 Å². The van der Waals surface area contributed by atoms with Gasteiger partial charge in [0.2, 0.25) is 0 Å². The number of nitrogens with zero attached hydrogens (tertiary/aromatic N) is 4. The minimum atomic E-state index is -0.339. The SMILES string of the molecule is CCOC(Cn1nc(-c2cnn(PI)c2)cc1N)OCC. The molecule has 0 aliphatic carbocycles. The molecule has 0 bridgehead atoms. The van der Waals surface area contributed by atoms with Gasteiger partial charge in [0.1, 0.15) is 5.82 Å². The molecule has 1 atom stereocenters. The van der Waals surface area contributed by atoms with Crippen molar-refractivity contribution in [3.8, 4) is 11.3 Å². The van der Waals surface area contributed by atoms with Crippen molar-refractivity contribution < 1.29 is 9.47 Å². The Bertz CT molecular complexity index is 568. The molecular formula is C12H19IN5O2P. The average molecular weight is 423 g/mol. The van der Waals surface area contributed by atoms with E-state index >= 15 is 0 Å². The lowest BCUT2D eigenvalue weighted by Gasteiger charge is -2.17. The predicted molar refractivity (Wildman–Crippen MR) is 92.6 cm³/mol. The van der Waals surface area contributed by atoms with Crippen molar-refractivity contribution in [3.63, 3.8) is 0 Å². The molecule has 0 radical (unpaired) electrons. The molecule has 0 aliphatic heterocycles. The zero-order valence-electron chi connectivity index (χ0n) is 12.0. The van der Waals surface area contributed by atoms with E-state index in [-0.39, 0.29) is 6.29 Å². The van der Waals surface area contributed by atoms with Gasteiger partial charge in [-0.3, -0.25) is 0 Å². The topological polar surface area (TPSA) is 80.1 Å². The van der Waals surface area contributed by atoms with Gasteiger partial charge in [-0.15, -0.1) is 0 Å². The summed E-state index contributed by atoms with van der Waals surface area (Å²) in [6.45, 7) is 5.51. The molecule has 7 nitrogen and oxygen atoms in total. The Morgan fingerprint density at radius 2 is 2.10 bits per heavy atom. The first-order chi connectivity index (χ1) is 10.2. The number of halogens is 1. The third kappa shape index (κ3) is 4.38. The highest BCUT2D eigenvalue weighted by Gasteiger charge is 2.14. The summed E-state index contributed by atoms with van der Waals surface area (Å²) in [5, 5.41) is 8.76. The fraction of sp³-hybridized carbons (Fsp3) is 0.500. The van der Waals surface area contributed by atoms with Crippen LogP contribution in [-0.4, -0.2) is 38.8 Å². The summed E-state index contributed by atoms with van der Waals surface area (Å²) in [6.07, 6.45) is 3.98. The molecular weight excluding hydrogens is 404 g/mol. The summed E-state index contributed by atoms with van der Waals surface area (Å²) in [5.74, 6) is 0.582. The number of hydrogen-bond acceptors (Lipinski definition) is 5. The molecule has 1 unspecified atom stereocenters. The van der Waals surface area contributed by atoms with Gasteiger partial charge >= 0.3 is 0 Å². The molecule has 0 saturated carbocycles. The van der Waals surface area contributed by atoms with E-state index in [0.717, 1.165) is 11.3 Å². The van der Waals surface area contributed by atoms with E-state index in [0.29, 0.717) is 32.0 Å². The Hall–Kier alpha value is -0.700. The Morgan fingerprint density at radius 1 is 1.38 bits per heavy atom. The molecule has 116 valence electrons. The van der Waals surface area contributed by atoms with Crippen molar-refractivity contribution in [1.29, 1.82) is 0 Å². The molecule has 2 aromatic heterocycles. The van der Waals surface area contributed by atoms with Gasteiger partial charge in [-0.2, -0.15) is 10.2 Å². The second-order valence-corrected chi connectivity index (χ2v) is 6.31. The van der Waals surface area contributed by atoms with Crippen molar-refractivity contribution in [2.45, 2.75) is 26.7 Å². The van der Waals surface area contributed by atoms with Crippen molar-refractivity contribution >= 4 is 34.2 Å². The average Bonchev–Trinajstić information content (AvgIpc) is 3.07. The Morgan fingerprint density at radius 3 is 2.67 bits per heavy atom. The first-order valence-corrected chi connectivity index (χ1v) is 10.7. The number of aromatic nitrogens is 4. The summed E-state index contributed by atoms with van der Waals surface area (Å²) in [7, 11) is 0. The van der Waals surface area contributed by atoms with Gasteiger partial charge in [0, 0.05) is 31.0 Å². The molecule has 0 fully saturated rings. The lowest BCUT2D eigenvalue weighted by atomic mass is 10.3. The van der Waals surface area contributed by atoms with Gasteiger partial charge < -0.3 is 15.2 Å². The van der Waals surface area contributed by atoms with Crippen LogP contribution in [0.5, 0.6) is 0 Å². The van der Waals surface area contributed by atoms with E-state index in [2.05, 4.69) is 32.2 Å². The Kier molecular flexibility index (Phi) is 6.40. The minimum absolute atomic E-state index is 0.339. The van der Waals surface area contributed by atoms with Crippen molar-refractivity contribution in [2.24, 2.45) is 0 Å². The van der Waals surface area contributed by atoms with E-state index in [9.17, 15) is 0 Å². The highest BCUT2D eigenvalue weighted by Crippen LogP contribution is 2.26. The van der Waals surface area contributed by atoms with Crippen molar-refractivity contribution in [2.75, 3.05) is 18.9 Å². The van der Waals surface area contributed by atoms with Crippen LogP contribution in [0.1, 0.15) is 13.8 Å². The highest BCUT2D eigenvalue weighted by molar-refractivity contribution is 14.2. The highest BCUT2D eigenvalue weighted by atomic mass is 127. The summed E-state index contributed by atoms with van der Waals surface area (Å²) in [5.41, 5.74) is 7.78. The fourth-order valence-corrected chi connectivity index (χ4v) is 2.97. The Labute approximate surface area is 138 Å². The number of anilines is 1. The van der Waals surface area contributed by atoms with Gasteiger partial charge in [-0.1, -0.05) is 0 Å². The first-order valence-electron chi connectivity index (χ1n) is 6.66. The monoisotopic (exact) mass is 423 g/mol. The lowest BCUT2D eigenvalue weighted by molar-refractivity contribution is -0.144. The molecule has 2 rings (SSSR count). The molecule has 0 amide bonds. The molecule has 2 aromatic rings. The summed E-state index contributed by atoms with van der Waals surface area (Å²) in [4.78, 5) is 0. The fourth-order valence-electron chi connectivity index (χ4n) is 1.89. The Balaban J connectivity index is 2.14. The maximum absolute atomic E-state index is 6.02. The molecule has 0 aromatic carbocycles. The quantitative estimate of drug-likeness (QED) is 0.401. The van der Waals surface area contributed by atoms with E-state index in [1.54, 1.807) is 10.9 Å². The summed E-state index contributed by atoms with van der Waals surface area (Å²) < 4.78 is 14.6.